The number of rotatable bonds is 6. The van der Waals surface area contributed by atoms with E-state index in [9.17, 15) is 4.79 Å². The number of hydrogen-bond donors (Lipinski definition) is 1. The molecule has 0 aromatic heterocycles. The van der Waals surface area contributed by atoms with E-state index in [1.54, 1.807) is 7.11 Å². The number of hydrogen-bond acceptors (Lipinski definition) is 4. The maximum atomic E-state index is 11.2. The fraction of sp³-hybridized carbons (Fsp3) is 0.900. The first-order valence-corrected chi connectivity index (χ1v) is 5.01. The van der Waals surface area contributed by atoms with Crippen LogP contribution in [0.1, 0.15) is 19.8 Å². The van der Waals surface area contributed by atoms with Gasteiger partial charge in [0.1, 0.15) is 6.04 Å². The van der Waals surface area contributed by atoms with Crippen LogP contribution in [0.25, 0.3) is 0 Å². The molecule has 82 valence electrons. The van der Waals surface area contributed by atoms with E-state index in [1.165, 1.54) is 20.0 Å². The van der Waals surface area contributed by atoms with E-state index in [0.717, 1.165) is 0 Å². The van der Waals surface area contributed by atoms with Crippen LogP contribution < -0.4 is 5.32 Å². The lowest BCUT2D eigenvalue weighted by Gasteiger charge is -2.20. The second-order valence-corrected chi connectivity index (χ2v) is 3.81. The lowest BCUT2D eigenvalue weighted by Crippen LogP contribution is -2.45. The van der Waals surface area contributed by atoms with Gasteiger partial charge in [-0.3, -0.25) is 10.1 Å². The number of ether oxygens (including phenoxy) is 2. The van der Waals surface area contributed by atoms with Crippen LogP contribution >= 0.6 is 0 Å². The van der Waals surface area contributed by atoms with Gasteiger partial charge in [0.15, 0.2) is 0 Å². The van der Waals surface area contributed by atoms with E-state index in [4.69, 9.17) is 4.74 Å². The minimum absolute atomic E-state index is 0.216. The van der Waals surface area contributed by atoms with Gasteiger partial charge in [-0.2, -0.15) is 0 Å². The molecule has 2 atom stereocenters. The predicted molar refractivity (Wildman–Crippen MR) is 53.0 cm³/mol. The maximum absolute atomic E-state index is 11.2. The van der Waals surface area contributed by atoms with Gasteiger partial charge in [0.25, 0.3) is 0 Å². The largest absolute Gasteiger partial charge is 0.468 e. The Morgan fingerprint density at radius 2 is 2.14 bits per heavy atom. The average molecular weight is 201 g/mol. The fourth-order valence-electron chi connectivity index (χ4n) is 1.56. The molecule has 0 aromatic rings. The summed E-state index contributed by atoms with van der Waals surface area (Å²) < 4.78 is 9.75. The number of carbonyl (C=O) groups is 1. The van der Waals surface area contributed by atoms with Crippen LogP contribution in [0.2, 0.25) is 0 Å². The van der Waals surface area contributed by atoms with Gasteiger partial charge in [0.05, 0.1) is 13.7 Å². The Labute approximate surface area is 85.0 Å². The summed E-state index contributed by atoms with van der Waals surface area (Å²) in [5.74, 6) is 0.453. The topological polar surface area (TPSA) is 47.6 Å². The molecular formula is C10H19NO3. The fourth-order valence-corrected chi connectivity index (χ4v) is 1.56. The molecule has 0 spiro atoms. The zero-order chi connectivity index (χ0) is 10.6. The Kier molecular flexibility index (Phi) is 4.35. The number of nitrogens with one attached hydrogen (secondary N) is 1. The average Bonchev–Trinajstić information content (AvgIpc) is 2.99. The van der Waals surface area contributed by atoms with Crippen molar-refractivity contribution < 1.29 is 14.3 Å². The molecule has 1 fully saturated rings. The highest BCUT2D eigenvalue weighted by Gasteiger charge is 2.32. The number of esters is 1. The normalized spacial score (nSPS) is 20.2. The summed E-state index contributed by atoms with van der Waals surface area (Å²) in [6, 6.07) is 0.0369. The van der Waals surface area contributed by atoms with E-state index in [2.05, 4.69) is 10.1 Å². The van der Waals surface area contributed by atoms with Gasteiger partial charge in [-0.15, -0.1) is 0 Å². The van der Waals surface area contributed by atoms with Gasteiger partial charge in [0.2, 0.25) is 0 Å². The van der Waals surface area contributed by atoms with Gasteiger partial charge in [-0.1, -0.05) is 0 Å². The second kappa shape index (κ2) is 5.32. The van der Waals surface area contributed by atoms with Crippen LogP contribution in [0.4, 0.5) is 0 Å². The molecule has 14 heavy (non-hydrogen) atoms. The third kappa shape index (κ3) is 3.27. The van der Waals surface area contributed by atoms with E-state index < -0.39 is 0 Å². The highest BCUT2D eigenvalue weighted by molar-refractivity contribution is 5.75. The molecule has 4 nitrogen and oxygen atoms in total. The molecule has 0 amide bonds. The summed E-state index contributed by atoms with van der Waals surface area (Å²) in [5.41, 5.74) is 0. The lowest BCUT2D eigenvalue weighted by molar-refractivity contribution is -0.143. The minimum Gasteiger partial charge on any atom is -0.468 e. The van der Waals surface area contributed by atoms with Crippen LogP contribution in [0.5, 0.6) is 0 Å². The van der Waals surface area contributed by atoms with Gasteiger partial charge in [-0.25, -0.2) is 0 Å². The first-order chi connectivity index (χ1) is 6.69. The van der Waals surface area contributed by atoms with Crippen molar-refractivity contribution in [1.82, 2.24) is 5.32 Å². The molecule has 1 N–H and O–H groups in total. The van der Waals surface area contributed by atoms with Crippen LogP contribution in [-0.4, -0.2) is 38.9 Å². The van der Waals surface area contributed by atoms with E-state index in [1.807, 2.05) is 6.92 Å². The van der Waals surface area contributed by atoms with Crippen molar-refractivity contribution in [2.24, 2.45) is 5.92 Å². The molecule has 0 bridgehead atoms. The molecule has 4 heteroatoms. The molecular weight excluding hydrogens is 182 g/mol. The Balaban J connectivity index is 2.33. The van der Waals surface area contributed by atoms with Crippen LogP contribution in [0.3, 0.4) is 0 Å². The van der Waals surface area contributed by atoms with Crippen LogP contribution in [0.15, 0.2) is 0 Å². The van der Waals surface area contributed by atoms with E-state index >= 15 is 0 Å². The summed E-state index contributed by atoms with van der Waals surface area (Å²) in [6.07, 6.45) is 2.46. The molecule has 0 radical (unpaired) electrons. The summed E-state index contributed by atoms with van der Waals surface area (Å²) in [7, 11) is 3.09. The van der Waals surface area contributed by atoms with Gasteiger partial charge >= 0.3 is 5.97 Å². The summed E-state index contributed by atoms with van der Waals surface area (Å²) in [4.78, 5) is 11.2. The quantitative estimate of drug-likeness (QED) is 0.638. The molecule has 0 saturated heterocycles. The minimum atomic E-state index is -0.249. The third-order valence-corrected chi connectivity index (χ3v) is 2.56. The monoisotopic (exact) mass is 201 g/mol. The van der Waals surface area contributed by atoms with E-state index in [0.29, 0.717) is 12.5 Å². The van der Waals surface area contributed by atoms with Crippen molar-refractivity contribution in [3.8, 4) is 0 Å². The van der Waals surface area contributed by atoms with Crippen molar-refractivity contribution in [2.75, 3.05) is 20.8 Å². The third-order valence-electron chi connectivity index (χ3n) is 2.56. The second-order valence-electron chi connectivity index (χ2n) is 3.81. The molecule has 0 aromatic carbocycles. The highest BCUT2D eigenvalue weighted by Crippen LogP contribution is 2.32. The van der Waals surface area contributed by atoms with E-state index in [-0.39, 0.29) is 18.1 Å². The Morgan fingerprint density at radius 1 is 1.50 bits per heavy atom. The van der Waals surface area contributed by atoms with Crippen molar-refractivity contribution >= 4 is 5.97 Å². The zero-order valence-corrected chi connectivity index (χ0v) is 9.08. The standard InChI is InChI=1S/C10H19NO3/c1-7(10(12)14-3)11-9(6-13-2)8-4-5-8/h7-9,11H,4-6H2,1-3H3. The first-order valence-electron chi connectivity index (χ1n) is 5.01. The lowest BCUT2D eigenvalue weighted by atomic mass is 10.1. The molecule has 1 aliphatic rings. The summed E-state index contributed by atoms with van der Waals surface area (Å²) in [6.45, 7) is 2.48. The Hall–Kier alpha value is -0.610. The van der Waals surface area contributed by atoms with Gasteiger partial charge in [0, 0.05) is 13.2 Å². The van der Waals surface area contributed by atoms with Gasteiger partial charge in [-0.05, 0) is 25.7 Å². The molecule has 2 unspecified atom stereocenters. The number of methoxy groups -OCH3 is 2. The molecule has 0 aliphatic heterocycles. The van der Waals surface area contributed by atoms with Gasteiger partial charge < -0.3 is 9.47 Å². The van der Waals surface area contributed by atoms with Crippen molar-refractivity contribution in [3.05, 3.63) is 0 Å². The maximum Gasteiger partial charge on any atom is 0.322 e. The SMILES string of the molecule is COCC(NC(C)C(=O)OC)C1CC1. The summed E-state index contributed by atoms with van der Waals surface area (Å²) in [5, 5.41) is 3.23. The van der Waals surface area contributed by atoms with Crippen molar-refractivity contribution in [3.63, 3.8) is 0 Å². The zero-order valence-electron chi connectivity index (χ0n) is 9.08. The smallest absolute Gasteiger partial charge is 0.322 e. The van der Waals surface area contributed by atoms with Crippen molar-refractivity contribution in [1.29, 1.82) is 0 Å². The predicted octanol–water partition coefficient (Wildman–Crippen LogP) is 0.562. The Morgan fingerprint density at radius 3 is 2.57 bits per heavy atom. The molecule has 1 saturated carbocycles. The summed E-state index contributed by atoms with van der Waals surface area (Å²) >= 11 is 0. The van der Waals surface area contributed by atoms with Crippen LogP contribution in [0, 0.1) is 5.92 Å². The highest BCUT2D eigenvalue weighted by atomic mass is 16.5. The molecule has 1 rings (SSSR count). The Bertz CT molecular complexity index is 192. The molecule has 0 heterocycles. The number of carbonyl (C=O) groups excluding carboxylic acids is 1. The first kappa shape index (κ1) is 11.5. The van der Waals surface area contributed by atoms with Crippen molar-refractivity contribution in [2.45, 2.75) is 31.8 Å². The van der Waals surface area contributed by atoms with Crippen LogP contribution in [-0.2, 0) is 14.3 Å². The molecule has 1 aliphatic carbocycles.